The molecule has 1 atom stereocenters. The first kappa shape index (κ1) is 19.9. The summed E-state index contributed by atoms with van der Waals surface area (Å²) in [7, 11) is 0. The van der Waals surface area contributed by atoms with Crippen LogP contribution in [0.4, 0.5) is 0 Å². The third-order valence-electron chi connectivity index (χ3n) is 5.55. The molecule has 0 radical (unpaired) electrons. The number of carbonyl (C=O) groups excluding carboxylic acids is 1. The number of nitrogens with zero attached hydrogens (tertiary/aromatic N) is 2. The van der Waals surface area contributed by atoms with Gasteiger partial charge in [0.15, 0.2) is 5.76 Å². The summed E-state index contributed by atoms with van der Waals surface area (Å²) < 4.78 is 11.0. The van der Waals surface area contributed by atoms with E-state index < -0.39 is 0 Å². The number of para-hydroxylation sites is 1. The number of hydrogen-bond donors (Lipinski definition) is 1. The number of ether oxygens (including phenoxy) is 1. The predicted octanol–water partition coefficient (Wildman–Crippen LogP) is 4.36. The maximum absolute atomic E-state index is 13.3. The molecule has 1 N–H and O–H groups in total. The van der Waals surface area contributed by atoms with Gasteiger partial charge in [0, 0.05) is 29.9 Å². The maximum Gasteiger partial charge on any atom is 0.252 e. The van der Waals surface area contributed by atoms with Crippen LogP contribution >= 0.6 is 11.3 Å². The van der Waals surface area contributed by atoms with E-state index in [1.54, 1.807) is 17.6 Å². The van der Waals surface area contributed by atoms with E-state index in [1.807, 2.05) is 42.5 Å². The number of thiophene rings is 1. The third kappa shape index (κ3) is 4.25. The van der Waals surface area contributed by atoms with E-state index in [-0.39, 0.29) is 11.9 Å². The molecule has 1 fully saturated rings. The van der Waals surface area contributed by atoms with Gasteiger partial charge in [0.2, 0.25) is 0 Å². The average molecular weight is 434 g/mol. The van der Waals surface area contributed by atoms with Crippen molar-refractivity contribution in [2.75, 3.05) is 32.8 Å². The Hall–Kier alpha value is -3.00. The molecular weight excluding hydrogens is 410 g/mol. The van der Waals surface area contributed by atoms with Crippen molar-refractivity contribution < 1.29 is 13.9 Å². The van der Waals surface area contributed by atoms with Crippen LogP contribution in [0.2, 0.25) is 0 Å². The highest BCUT2D eigenvalue weighted by Gasteiger charge is 2.24. The lowest BCUT2D eigenvalue weighted by molar-refractivity contribution is 0.0169. The number of aromatic nitrogens is 1. The van der Waals surface area contributed by atoms with Gasteiger partial charge in [-0.3, -0.25) is 9.69 Å². The molecular formula is C24H23N3O3S. The van der Waals surface area contributed by atoms with E-state index in [1.165, 1.54) is 4.88 Å². The molecule has 158 valence electrons. The SMILES string of the molecule is O=C(NC[C@H](c1cccs1)N1CCOCC1)c1cc(-c2ccco2)nc2ccccc12. The van der Waals surface area contributed by atoms with Crippen LogP contribution in [0.1, 0.15) is 21.3 Å². The molecule has 7 heteroatoms. The van der Waals surface area contributed by atoms with Gasteiger partial charge in [0.25, 0.3) is 5.91 Å². The normalized spacial score (nSPS) is 15.7. The molecule has 6 nitrogen and oxygen atoms in total. The second-order valence-electron chi connectivity index (χ2n) is 7.44. The first-order valence-corrected chi connectivity index (χ1v) is 11.2. The number of nitrogens with one attached hydrogen (secondary N) is 1. The molecule has 3 aromatic heterocycles. The zero-order chi connectivity index (χ0) is 21.0. The number of morpholine rings is 1. The minimum absolute atomic E-state index is 0.110. The second-order valence-corrected chi connectivity index (χ2v) is 8.42. The van der Waals surface area contributed by atoms with Gasteiger partial charge in [0.1, 0.15) is 5.69 Å². The number of furan rings is 1. The Morgan fingerprint density at radius 1 is 1.13 bits per heavy atom. The zero-order valence-electron chi connectivity index (χ0n) is 17.0. The predicted molar refractivity (Wildman–Crippen MR) is 121 cm³/mol. The summed E-state index contributed by atoms with van der Waals surface area (Å²) in [5, 5.41) is 6.08. The number of hydrogen-bond acceptors (Lipinski definition) is 6. The Balaban J connectivity index is 1.43. The molecule has 0 aliphatic carbocycles. The first-order valence-electron chi connectivity index (χ1n) is 10.4. The molecule has 4 heterocycles. The Bertz CT molecular complexity index is 1150. The van der Waals surface area contributed by atoms with E-state index in [0.29, 0.717) is 23.6 Å². The monoisotopic (exact) mass is 433 g/mol. The fraction of sp³-hybridized carbons (Fsp3) is 0.250. The van der Waals surface area contributed by atoms with Crippen molar-refractivity contribution in [1.29, 1.82) is 0 Å². The Labute approximate surface area is 184 Å². The summed E-state index contributed by atoms with van der Waals surface area (Å²) in [5.74, 6) is 0.533. The second kappa shape index (κ2) is 9.01. The first-order chi connectivity index (χ1) is 15.3. The van der Waals surface area contributed by atoms with Gasteiger partial charge in [-0.1, -0.05) is 24.3 Å². The highest BCUT2D eigenvalue weighted by Crippen LogP contribution is 2.27. The Kier molecular flexibility index (Phi) is 5.80. The molecule has 1 aromatic carbocycles. The van der Waals surface area contributed by atoms with Gasteiger partial charge >= 0.3 is 0 Å². The fourth-order valence-electron chi connectivity index (χ4n) is 3.98. The van der Waals surface area contributed by atoms with Gasteiger partial charge in [-0.15, -0.1) is 11.3 Å². The van der Waals surface area contributed by atoms with Gasteiger partial charge < -0.3 is 14.5 Å². The molecule has 4 aromatic rings. The van der Waals surface area contributed by atoms with Crippen LogP contribution in [0, 0.1) is 0 Å². The zero-order valence-corrected chi connectivity index (χ0v) is 17.8. The van der Waals surface area contributed by atoms with Crippen LogP contribution in [0.3, 0.4) is 0 Å². The lowest BCUT2D eigenvalue weighted by Gasteiger charge is -2.34. The molecule has 1 aliphatic heterocycles. The number of carbonyl (C=O) groups is 1. The number of pyridine rings is 1. The lowest BCUT2D eigenvalue weighted by Crippen LogP contribution is -2.43. The number of fused-ring (bicyclic) bond motifs is 1. The van der Waals surface area contributed by atoms with Crippen molar-refractivity contribution in [1.82, 2.24) is 15.2 Å². The summed E-state index contributed by atoms with van der Waals surface area (Å²) in [6.45, 7) is 3.69. The standard InChI is InChI=1S/C24H23N3O3S/c28-24(25-16-21(23-8-4-14-31-23)27-9-12-29-13-10-27)18-15-20(22-7-3-11-30-22)26-19-6-2-1-5-17(18)19/h1-8,11,14-15,21H,9-10,12-13,16H2,(H,25,28)/t21-/m1/s1. The highest BCUT2D eigenvalue weighted by atomic mass is 32.1. The minimum atomic E-state index is -0.110. The quantitative estimate of drug-likeness (QED) is 0.489. The van der Waals surface area contributed by atoms with Crippen molar-refractivity contribution in [3.8, 4) is 11.5 Å². The summed E-state index contributed by atoms with van der Waals surface area (Å²) in [6, 6.07) is 17.5. The van der Waals surface area contributed by atoms with Crippen LogP contribution in [0.25, 0.3) is 22.4 Å². The van der Waals surface area contributed by atoms with Crippen molar-refractivity contribution in [3.05, 3.63) is 76.7 Å². The molecule has 1 amide bonds. The van der Waals surface area contributed by atoms with Crippen LogP contribution < -0.4 is 5.32 Å². The number of rotatable bonds is 6. The molecule has 5 rings (SSSR count). The Morgan fingerprint density at radius 2 is 2.00 bits per heavy atom. The average Bonchev–Trinajstić information content (AvgIpc) is 3.54. The molecule has 0 bridgehead atoms. The smallest absolute Gasteiger partial charge is 0.252 e. The third-order valence-corrected chi connectivity index (χ3v) is 6.52. The maximum atomic E-state index is 13.3. The minimum Gasteiger partial charge on any atom is -0.463 e. The molecule has 0 spiro atoms. The molecule has 0 saturated carbocycles. The van der Waals surface area contributed by atoms with Crippen molar-refractivity contribution in [2.24, 2.45) is 0 Å². The van der Waals surface area contributed by atoms with E-state index >= 15 is 0 Å². The summed E-state index contributed by atoms with van der Waals surface area (Å²) in [4.78, 5) is 21.6. The van der Waals surface area contributed by atoms with Gasteiger partial charge in [-0.05, 0) is 35.7 Å². The summed E-state index contributed by atoms with van der Waals surface area (Å²) in [5.41, 5.74) is 2.02. The lowest BCUT2D eigenvalue weighted by atomic mass is 10.1. The number of benzene rings is 1. The largest absolute Gasteiger partial charge is 0.463 e. The highest BCUT2D eigenvalue weighted by molar-refractivity contribution is 7.10. The van der Waals surface area contributed by atoms with Gasteiger partial charge in [0.05, 0.1) is 36.6 Å². The van der Waals surface area contributed by atoms with Gasteiger partial charge in [-0.2, -0.15) is 0 Å². The fourth-order valence-corrected chi connectivity index (χ4v) is 4.84. The van der Waals surface area contributed by atoms with Crippen molar-refractivity contribution in [2.45, 2.75) is 6.04 Å². The molecule has 0 unspecified atom stereocenters. The summed E-state index contributed by atoms with van der Waals surface area (Å²) in [6.07, 6.45) is 1.61. The van der Waals surface area contributed by atoms with E-state index in [0.717, 1.165) is 37.2 Å². The van der Waals surface area contributed by atoms with E-state index in [2.05, 4.69) is 32.7 Å². The molecule has 1 aliphatic rings. The van der Waals surface area contributed by atoms with E-state index in [4.69, 9.17) is 9.15 Å². The van der Waals surface area contributed by atoms with Gasteiger partial charge in [-0.25, -0.2) is 4.98 Å². The van der Waals surface area contributed by atoms with Crippen molar-refractivity contribution in [3.63, 3.8) is 0 Å². The van der Waals surface area contributed by atoms with Crippen LogP contribution in [-0.2, 0) is 4.74 Å². The van der Waals surface area contributed by atoms with Crippen LogP contribution in [-0.4, -0.2) is 48.6 Å². The van der Waals surface area contributed by atoms with E-state index in [9.17, 15) is 4.79 Å². The molecule has 31 heavy (non-hydrogen) atoms. The topological polar surface area (TPSA) is 67.6 Å². The van der Waals surface area contributed by atoms with Crippen LogP contribution in [0.15, 0.2) is 70.7 Å². The van der Waals surface area contributed by atoms with Crippen LogP contribution in [0.5, 0.6) is 0 Å². The number of amides is 1. The van der Waals surface area contributed by atoms with Crippen molar-refractivity contribution >= 4 is 28.1 Å². The molecule has 1 saturated heterocycles. The Morgan fingerprint density at radius 3 is 2.77 bits per heavy atom. The summed E-state index contributed by atoms with van der Waals surface area (Å²) >= 11 is 1.72.